The van der Waals surface area contributed by atoms with E-state index in [-0.39, 0.29) is 0 Å². The summed E-state index contributed by atoms with van der Waals surface area (Å²) in [4.78, 5) is 2.90. The second-order valence-electron chi connectivity index (χ2n) is 4.04. The molecule has 15 heavy (non-hydrogen) atoms. The first kappa shape index (κ1) is 9.53. The number of aromatic nitrogens is 2. The van der Waals surface area contributed by atoms with E-state index < -0.39 is 5.41 Å². The first-order valence-electron chi connectivity index (χ1n) is 4.67. The van der Waals surface area contributed by atoms with Gasteiger partial charge in [0.05, 0.1) is 29.3 Å². The maximum Gasteiger partial charge on any atom is 0.289 e. The Hall–Kier alpha value is -2.02. The molecule has 76 valence electrons. The van der Waals surface area contributed by atoms with E-state index in [2.05, 4.69) is 11.1 Å². The lowest BCUT2D eigenvalue weighted by atomic mass is 9.86. The second kappa shape index (κ2) is 2.99. The Labute approximate surface area is 87.4 Å². The van der Waals surface area contributed by atoms with Crippen molar-refractivity contribution in [2.45, 2.75) is 19.3 Å². The van der Waals surface area contributed by atoms with Crippen LogP contribution in [-0.4, -0.2) is 4.98 Å². The fraction of sp³-hybridized carbons (Fsp3) is 0.273. The Balaban J connectivity index is 2.76. The van der Waals surface area contributed by atoms with E-state index in [4.69, 9.17) is 5.26 Å². The predicted octanol–water partition coefficient (Wildman–Crippen LogP) is 1.60. The van der Waals surface area contributed by atoms with Crippen molar-refractivity contribution < 1.29 is 4.73 Å². The highest BCUT2D eigenvalue weighted by molar-refractivity contribution is 5.79. The van der Waals surface area contributed by atoms with Crippen LogP contribution in [-0.2, 0) is 5.41 Å². The number of hydrogen-bond donors (Lipinski definition) is 1. The van der Waals surface area contributed by atoms with E-state index >= 15 is 0 Å². The molecule has 2 aromatic heterocycles. The van der Waals surface area contributed by atoms with Gasteiger partial charge in [-0.1, -0.05) is 0 Å². The first-order valence-corrected chi connectivity index (χ1v) is 4.67. The summed E-state index contributed by atoms with van der Waals surface area (Å²) >= 11 is 0. The van der Waals surface area contributed by atoms with Gasteiger partial charge in [-0.3, -0.25) is 0 Å². The normalized spacial score (nSPS) is 11.5. The molecule has 2 heterocycles. The third kappa shape index (κ3) is 1.33. The highest BCUT2D eigenvalue weighted by Crippen LogP contribution is 2.28. The first-order chi connectivity index (χ1) is 7.06. The zero-order chi connectivity index (χ0) is 11.1. The Bertz CT molecular complexity index is 548. The summed E-state index contributed by atoms with van der Waals surface area (Å²) < 4.78 is 0.770. The minimum Gasteiger partial charge on any atom is -0.711 e. The summed E-state index contributed by atoms with van der Waals surface area (Å²) in [7, 11) is 0. The maximum absolute atomic E-state index is 11.4. The molecule has 0 atom stereocenters. The van der Waals surface area contributed by atoms with E-state index in [1.165, 1.54) is 6.20 Å². The number of aromatic amines is 1. The quantitative estimate of drug-likeness (QED) is 0.562. The topological polar surface area (TPSA) is 66.5 Å². The highest BCUT2D eigenvalue weighted by Gasteiger charge is 2.26. The third-order valence-electron chi connectivity index (χ3n) is 2.56. The lowest BCUT2D eigenvalue weighted by molar-refractivity contribution is -0.579. The zero-order valence-corrected chi connectivity index (χ0v) is 8.61. The number of nitrogens with one attached hydrogen (secondary N) is 1. The van der Waals surface area contributed by atoms with Crippen molar-refractivity contribution in [3.05, 3.63) is 35.3 Å². The van der Waals surface area contributed by atoms with Crippen LogP contribution in [0.15, 0.2) is 24.5 Å². The minimum absolute atomic E-state index is 0.496. The highest BCUT2D eigenvalue weighted by atomic mass is 16.5. The van der Waals surface area contributed by atoms with E-state index in [1.54, 1.807) is 12.3 Å². The van der Waals surface area contributed by atoms with Gasteiger partial charge < -0.3 is 5.21 Å². The number of H-pyrrole nitrogens is 1. The number of fused-ring (bicyclic) bond motifs is 1. The van der Waals surface area contributed by atoms with Crippen LogP contribution in [0.4, 0.5) is 0 Å². The molecule has 0 aliphatic carbocycles. The average molecular weight is 201 g/mol. The number of hydrogen-bond acceptors (Lipinski definition) is 2. The molecule has 0 aliphatic rings. The van der Waals surface area contributed by atoms with Crippen LogP contribution in [0.25, 0.3) is 11.0 Å². The van der Waals surface area contributed by atoms with Crippen molar-refractivity contribution in [1.29, 1.82) is 5.26 Å². The molecular formula is C11H11N3O. The van der Waals surface area contributed by atoms with Gasteiger partial charge in [0, 0.05) is 5.56 Å². The van der Waals surface area contributed by atoms with E-state index in [0.717, 1.165) is 15.7 Å². The summed E-state index contributed by atoms with van der Waals surface area (Å²) in [6.45, 7) is 3.66. The lowest BCUT2D eigenvalue weighted by Gasteiger charge is -2.12. The number of nitriles is 1. The molecule has 4 heteroatoms. The maximum atomic E-state index is 11.4. The standard InChI is InChI=1S/C11H11N3O/c1-11(2,7-12)9-6-13-10-8(9)4-3-5-14(10)15/h3-6,13H,1-2H3. The molecule has 0 saturated carbocycles. The van der Waals surface area contributed by atoms with Crippen molar-refractivity contribution >= 4 is 11.0 Å². The molecule has 0 radical (unpaired) electrons. The van der Waals surface area contributed by atoms with Gasteiger partial charge in [0.2, 0.25) is 0 Å². The molecule has 0 bridgehead atoms. The van der Waals surface area contributed by atoms with Crippen molar-refractivity contribution in [2.24, 2.45) is 0 Å². The van der Waals surface area contributed by atoms with Crippen molar-refractivity contribution in [3.8, 4) is 6.07 Å². The summed E-state index contributed by atoms with van der Waals surface area (Å²) in [5.41, 5.74) is 0.758. The summed E-state index contributed by atoms with van der Waals surface area (Å²) in [5.74, 6) is 0. The van der Waals surface area contributed by atoms with Gasteiger partial charge in [-0.25, -0.2) is 9.71 Å². The Morgan fingerprint density at radius 1 is 1.53 bits per heavy atom. The van der Waals surface area contributed by atoms with E-state index in [1.807, 2.05) is 19.9 Å². The van der Waals surface area contributed by atoms with E-state index in [0.29, 0.717) is 5.65 Å². The Morgan fingerprint density at radius 2 is 2.27 bits per heavy atom. The fourth-order valence-corrected chi connectivity index (χ4v) is 1.64. The smallest absolute Gasteiger partial charge is 0.289 e. The molecule has 0 spiro atoms. The SMILES string of the molecule is CC(C)(C#N)c1c[nH]c2c1ccc[n+]2[O-]. The molecule has 2 aromatic rings. The van der Waals surface area contributed by atoms with Crippen molar-refractivity contribution in [2.75, 3.05) is 0 Å². The monoisotopic (exact) mass is 201 g/mol. The van der Waals surface area contributed by atoms with Crippen LogP contribution in [0.5, 0.6) is 0 Å². The molecule has 0 aromatic carbocycles. The Kier molecular flexibility index (Phi) is 1.90. The summed E-state index contributed by atoms with van der Waals surface area (Å²) in [5, 5.41) is 21.3. The largest absolute Gasteiger partial charge is 0.711 e. The average Bonchev–Trinajstić information content (AvgIpc) is 2.63. The van der Waals surface area contributed by atoms with Crippen LogP contribution >= 0.6 is 0 Å². The van der Waals surface area contributed by atoms with Gasteiger partial charge in [-0.2, -0.15) is 5.26 Å². The van der Waals surface area contributed by atoms with Crippen LogP contribution in [0, 0.1) is 16.5 Å². The molecular weight excluding hydrogens is 190 g/mol. The molecule has 0 amide bonds. The number of rotatable bonds is 1. The molecule has 0 fully saturated rings. The second-order valence-corrected chi connectivity index (χ2v) is 4.04. The van der Waals surface area contributed by atoms with Crippen LogP contribution in [0.1, 0.15) is 19.4 Å². The Morgan fingerprint density at radius 3 is 2.93 bits per heavy atom. The predicted molar refractivity (Wildman–Crippen MR) is 55.9 cm³/mol. The minimum atomic E-state index is -0.591. The molecule has 0 saturated heterocycles. The van der Waals surface area contributed by atoms with Crippen LogP contribution < -0.4 is 4.73 Å². The van der Waals surface area contributed by atoms with Crippen molar-refractivity contribution in [1.82, 2.24) is 4.98 Å². The van der Waals surface area contributed by atoms with Crippen LogP contribution in [0.2, 0.25) is 0 Å². The van der Waals surface area contributed by atoms with Gasteiger partial charge >= 0.3 is 0 Å². The number of nitrogens with zero attached hydrogens (tertiary/aromatic N) is 2. The zero-order valence-electron chi connectivity index (χ0n) is 8.61. The fourth-order valence-electron chi connectivity index (χ4n) is 1.64. The molecule has 0 aliphatic heterocycles. The molecule has 0 unspecified atom stereocenters. The summed E-state index contributed by atoms with van der Waals surface area (Å²) in [6, 6.07) is 5.75. The molecule has 4 nitrogen and oxygen atoms in total. The molecule has 1 N–H and O–H groups in total. The van der Waals surface area contributed by atoms with Gasteiger partial charge in [0.1, 0.15) is 0 Å². The van der Waals surface area contributed by atoms with Gasteiger partial charge in [0.25, 0.3) is 5.65 Å². The number of pyridine rings is 1. The van der Waals surface area contributed by atoms with Crippen molar-refractivity contribution in [3.63, 3.8) is 0 Å². The van der Waals surface area contributed by atoms with Gasteiger partial charge in [0.15, 0.2) is 0 Å². The van der Waals surface area contributed by atoms with Gasteiger partial charge in [-0.05, 0) is 26.0 Å². The summed E-state index contributed by atoms with van der Waals surface area (Å²) in [6.07, 6.45) is 3.16. The van der Waals surface area contributed by atoms with E-state index in [9.17, 15) is 5.21 Å². The van der Waals surface area contributed by atoms with Crippen LogP contribution in [0.3, 0.4) is 0 Å². The van der Waals surface area contributed by atoms with Gasteiger partial charge in [-0.15, -0.1) is 0 Å². The third-order valence-corrected chi connectivity index (χ3v) is 2.56. The molecule has 2 rings (SSSR count). The lowest BCUT2D eigenvalue weighted by Crippen LogP contribution is -2.26.